The summed E-state index contributed by atoms with van der Waals surface area (Å²) < 4.78 is 5.16. The maximum Gasteiger partial charge on any atom is 0.191 e. The predicted octanol–water partition coefficient (Wildman–Crippen LogP) is 5.82. The fourth-order valence-electron chi connectivity index (χ4n) is 3.13. The molecular formula is C23H19ClN4OS. The molecule has 30 heavy (non-hydrogen) atoms. The molecule has 4 rings (SSSR count). The summed E-state index contributed by atoms with van der Waals surface area (Å²) in [5, 5.41) is 9.60. The van der Waals surface area contributed by atoms with Crippen LogP contribution in [0, 0.1) is 0 Å². The molecule has 0 fully saturated rings. The van der Waals surface area contributed by atoms with Crippen molar-refractivity contribution >= 4 is 51.7 Å². The van der Waals surface area contributed by atoms with E-state index in [2.05, 4.69) is 26.9 Å². The number of benzene rings is 3. The molecule has 0 aliphatic rings. The molecule has 0 radical (unpaired) electrons. The van der Waals surface area contributed by atoms with Crippen molar-refractivity contribution in [3.05, 3.63) is 83.4 Å². The van der Waals surface area contributed by atoms with Gasteiger partial charge < -0.3 is 15.0 Å². The Kier molecular flexibility index (Phi) is 5.97. The van der Waals surface area contributed by atoms with Gasteiger partial charge in [-0.25, -0.2) is 0 Å². The molecule has 7 heteroatoms. The zero-order valence-corrected chi connectivity index (χ0v) is 17.7. The van der Waals surface area contributed by atoms with Gasteiger partial charge in [-0.3, -0.25) is 5.43 Å². The van der Waals surface area contributed by atoms with Crippen LogP contribution >= 0.6 is 23.8 Å². The molecule has 0 aliphatic carbocycles. The highest BCUT2D eigenvalue weighted by molar-refractivity contribution is 7.80. The number of anilines is 1. The normalized spacial score (nSPS) is 11.0. The molecule has 4 aromatic rings. The molecule has 0 bridgehead atoms. The summed E-state index contributed by atoms with van der Waals surface area (Å²) in [5.74, 6) is 0.784. The lowest BCUT2D eigenvalue weighted by atomic mass is 10.1. The molecule has 0 atom stereocenters. The van der Waals surface area contributed by atoms with Crippen molar-refractivity contribution in [3.8, 4) is 17.0 Å². The van der Waals surface area contributed by atoms with Crippen LogP contribution in [0.1, 0.15) is 5.56 Å². The molecule has 0 saturated heterocycles. The molecule has 0 amide bonds. The Balaban J connectivity index is 1.55. The van der Waals surface area contributed by atoms with Gasteiger partial charge in [0.05, 0.1) is 19.0 Å². The zero-order valence-electron chi connectivity index (χ0n) is 16.1. The van der Waals surface area contributed by atoms with Gasteiger partial charge in [0.15, 0.2) is 5.11 Å². The van der Waals surface area contributed by atoms with Gasteiger partial charge in [-0.15, -0.1) is 0 Å². The first kappa shape index (κ1) is 19.9. The van der Waals surface area contributed by atoms with E-state index >= 15 is 0 Å². The van der Waals surface area contributed by atoms with Gasteiger partial charge in [0.25, 0.3) is 0 Å². The van der Waals surface area contributed by atoms with E-state index < -0.39 is 0 Å². The maximum absolute atomic E-state index is 6.04. The maximum atomic E-state index is 6.04. The van der Waals surface area contributed by atoms with Crippen molar-refractivity contribution in [1.82, 2.24) is 10.4 Å². The number of ether oxygens (including phenoxy) is 1. The van der Waals surface area contributed by atoms with Crippen LogP contribution in [0.4, 0.5) is 5.69 Å². The highest BCUT2D eigenvalue weighted by atomic mass is 35.5. The fourth-order valence-corrected chi connectivity index (χ4v) is 3.43. The SMILES string of the molecule is COc1ccc(NC(=S)N/N=C\c2c(-c3ccc(Cl)cc3)[nH]c3ccccc23)cc1. The molecule has 0 saturated carbocycles. The lowest BCUT2D eigenvalue weighted by Gasteiger charge is -2.07. The average Bonchev–Trinajstić information content (AvgIpc) is 3.13. The number of aromatic amines is 1. The second-order valence-corrected chi connectivity index (χ2v) is 7.36. The molecular weight excluding hydrogens is 416 g/mol. The minimum Gasteiger partial charge on any atom is -0.497 e. The van der Waals surface area contributed by atoms with Crippen LogP contribution in [0.2, 0.25) is 5.02 Å². The lowest BCUT2D eigenvalue weighted by molar-refractivity contribution is 0.415. The van der Waals surface area contributed by atoms with Gasteiger partial charge in [0.2, 0.25) is 0 Å². The largest absolute Gasteiger partial charge is 0.497 e. The smallest absolute Gasteiger partial charge is 0.191 e. The Morgan fingerprint density at radius 1 is 1.03 bits per heavy atom. The van der Waals surface area contributed by atoms with Gasteiger partial charge in [-0.05, 0) is 60.2 Å². The minimum atomic E-state index is 0.393. The van der Waals surface area contributed by atoms with Gasteiger partial charge in [0, 0.05) is 27.2 Å². The Labute approximate surface area is 184 Å². The van der Waals surface area contributed by atoms with Crippen molar-refractivity contribution in [1.29, 1.82) is 0 Å². The third-order valence-corrected chi connectivity index (χ3v) is 5.03. The van der Waals surface area contributed by atoms with Gasteiger partial charge in [-0.2, -0.15) is 5.10 Å². The quantitative estimate of drug-likeness (QED) is 0.210. The van der Waals surface area contributed by atoms with Gasteiger partial charge >= 0.3 is 0 Å². The Hall–Kier alpha value is -3.35. The van der Waals surface area contributed by atoms with E-state index in [9.17, 15) is 0 Å². The standard InChI is InChI=1S/C23H19ClN4OS/c1-29-18-12-10-17(11-13-18)26-23(30)28-25-14-20-19-4-2-3-5-21(19)27-22(20)15-6-8-16(24)9-7-15/h2-14,27H,1H3,(H2,26,28,30)/b25-14-. The number of methoxy groups -OCH3 is 1. The zero-order chi connectivity index (χ0) is 20.9. The number of thiocarbonyl (C=S) groups is 1. The summed E-state index contributed by atoms with van der Waals surface area (Å²) in [6.45, 7) is 0. The number of para-hydroxylation sites is 1. The molecule has 0 spiro atoms. The van der Waals surface area contributed by atoms with Crippen molar-refractivity contribution < 1.29 is 4.74 Å². The fraction of sp³-hybridized carbons (Fsp3) is 0.0435. The third kappa shape index (κ3) is 4.45. The molecule has 1 heterocycles. The summed E-state index contributed by atoms with van der Waals surface area (Å²) in [5.41, 5.74) is 7.70. The van der Waals surface area contributed by atoms with Crippen LogP contribution in [0.3, 0.4) is 0 Å². The number of hydrogen-bond donors (Lipinski definition) is 3. The second-order valence-electron chi connectivity index (χ2n) is 6.52. The van der Waals surface area contributed by atoms with Crippen LogP contribution in [-0.2, 0) is 0 Å². The summed E-state index contributed by atoms with van der Waals surface area (Å²) >= 11 is 11.4. The van der Waals surface area contributed by atoms with E-state index in [1.165, 1.54) is 0 Å². The summed E-state index contributed by atoms with van der Waals surface area (Å²) in [7, 11) is 1.63. The van der Waals surface area contributed by atoms with Crippen LogP contribution < -0.4 is 15.5 Å². The number of hydrogen-bond acceptors (Lipinski definition) is 3. The topological polar surface area (TPSA) is 61.4 Å². The molecule has 3 N–H and O–H groups in total. The second kappa shape index (κ2) is 8.98. The lowest BCUT2D eigenvalue weighted by Crippen LogP contribution is -2.23. The number of halogens is 1. The predicted molar refractivity (Wildman–Crippen MR) is 129 cm³/mol. The average molecular weight is 435 g/mol. The minimum absolute atomic E-state index is 0.393. The molecule has 150 valence electrons. The van der Waals surface area contributed by atoms with Gasteiger partial charge in [0.1, 0.15) is 5.75 Å². The van der Waals surface area contributed by atoms with Crippen LogP contribution in [0.25, 0.3) is 22.2 Å². The number of aromatic nitrogens is 1. The number of nitrogens with one attached hydrogen (secondary N) is 3. The van der Waals surface area contributed by atoms with E-state index in [4.69, 9.17) is 28.6 Å². The highest BCUT2D eigenvalue weighted by Crippen LogP contribution is 2.29. The monoisotopic (exact) mass is 434 g/mol. The first-order valence-electron chi connectivity index (χ1n) is 9.25. The van der Waals surface area contributed by atoms with E-state index in [1.54, 1.807) is 13.3 Å². The number of fused-ring (bicyclic) bond motifs is 1. The van der Waals surface area contributed by atoms with Crippen LogP contribution in [-0.4, -0.2) is 23.4 Å². The molecule has 0 aliphatic heterocycles. The van der Waals surface area contributed by atoms with Crippen molar-refractivity contribution in [3.63, 3.8) is 0 Å². The molecule has 0 unspecified atom stereocenters. The summed E-state index contributed by atoms with van der Waals surface area (Å²) in [4.78, 5) is 3.47. The molecule has 5 nitrogen and oxygen atoms in total. The summed E-state index contributed by atoms with van der Waals surface area (Å²) in [6, 6.07) is 23.3. The third-order valence-electron chi connectivity index (χ3n) is 4.59. The van der Waals surface area contributed by atoms with E-state index in [0.717, 1.165) is 39.2 Å². The van der Waals surface area contributed by atoms with Crippen LogP contribution in [0.15, 0.2) is 77.9 Å². The van der Waals surface area contributed by atoms with Crippen molar-refractivity contribution in [2.45, 2.75) is 0 Å². The highest BCUT2D eigenvalue weighted by Gasteiger charge is 2.11. The van der Waals surface area contributed by atoms with Gasteiger partial charge in [-0.1, -0.05) is 41.9 Å². The first-order valence-corrected chi connectivity index (χ1v) is 10.0. The van der Waals surface area contributed by atoms with Crippen molar-refractivity contribution in [2.75, 3.05) is 12.4 Å². The Morgan fingerprint density at radius 3 is 2.50 bits per heavy atom. The molecule has 3 aromatic carbocycles. The number of hydrazone groups is 1. The number of rotatable bonds is 5. The van der Waals surface area contributed by atoms with E-state index in [0.29, 0.717) is 10.1 Å². The Bertz CT molecular complexity index is 1200. The van der Waals surface area contributed by atoms with Crippen molar-refractivity contribution in [2.24, 2.45) is 5.10 Å². The first-order chi connectivity index (χ1) is 14.6. The van der Waals surface area contributed by atoms with E-state index in [-0.39, 0.29) is 0 Å². The number of H-pyrrole nitrogens is 1. The summed E-state index contributed by atoms with van der Waals surface area (Å²) in [6.07, 6.45) is 1.77. The van der Waals surface area contributed by atoms with Crippen LogP contribution in [0.5, 0.6) is 5.75 Å². The van der Waals surface area contributed by atoms with E-state index in [1.807, 2.05) is 66.7 Å². The Morgan fingerprint density at radius 2 is 1.77 bits per heavy atom. The number of nitrogens with zero attached hydrogens (tertiary/aromatic N) is 1. The molecule has 1 aromatic heterocycles.